The predicted octanol–water partition coefficient (Wildman–Crippen LogP) is 1.23. The smallest absolute Gasteiger partial charge is 0.334 e. The van der Waals surface area contributed by atoms with Crippen molar-refractivity contribution >= 4 is 11.8 Å². The summed E-state index contributed by atoms with van der Waals surface area (Å²) in [4.78, 5) is 13.5. The lowest BCUT2D eigenvalue weighted by molar-refractivity contribution is -0.132. The molecular formula is C14H19N3O4. The van der Waals surface area contributed by atoms with Crippen molar-refractivity contribution in [1.82, 2.24) is 10.1 Å². The van der Waals surface area contributed by atoms with Crippen LogP contribution < -0.4 is 5.32 Å². The van der Waals surface area contributed by atoms with Crippen molar-refractivity contribution in [3.63, 3.8) is 0 Å². The second kappa shape index (κ2) is 5.87. The fourth-order valence-electron chi connectivity index (χ4n) is 2.79. The Hall–Kier alpha value is -1.86. The van der Waals surface area contributed by atoms with Gasteiger partial charge in [0.2, 0.25) is 0 Å². The van der Waals surface area contributed by atoms with Gasteiger partial charge >= 0.3 is 5.97 Å². The van der Waals surface area contributed by atoms with Crippen molar-refractivity contribution < 1.29 is 19.2 Å². The highest BCUT2D eigenvalue weighted by molar-refractivity contribution is 5.89. The van der Waals surface area contributed by atoms with E-state index in [-0.39, 0.29) is 6.10 Å². The van der Waals surface area contributed by atoms with Crippen LogP contribution in [0.25, 0.3) is 0 Å². The fraction of sp³-hybridized carbons (Fsp3) is 0.571. The van der Waals surface area contributed by atoms with E-state index < -0.39 is 5.97 Å². The maximum absolute atomic E-state index is 11.4. The predicted molar refractivity (Wildman–Crippen MR) is 74.9 cm³/mol. The Morgan fingerprint density at radius 3 is 3.05 bits per heavy atom. The minimum atomic E-state index is -0.896. The van der Waals surface area contributed by atoms with Gasteiger partial charge in [0.25, 0.3) is 0 Å². The van der Waals surface area contributed by atoms with Crippen molar-refractivity contribution in [1.29, 1.82) is 0 Å². The van der Waals surface area contributed by atoms with E-state index in [2.05, 4.69) is 15.4 Å². The van der Waals surface area contributed by atoms with Crippen LogP contribution in [0, 0.1) is 6.92 Å². The minimum Gasteiger partial charge on any atom is -0.478 e. The van der Waals surface area contributed by atoms with E-state index in [1.165, 1.54) is 0 Å². The first kappa shape index (κ1) is 14.1. The molecule has 1 saturated heterocycles. The summed E-state index contributed by atoms with van der Waals surface area (Å²) in [5.74, 6) is 0.331. The van der Waals surface area contributed by atoms with E-state index in [0.29, 0.717) is 35.9 Å². The Morgan fingerprint density at radius 2 is 2.43 bits per heavy atom. The molecule has 0 aromatic carbocycles. The van der Waals surface area contributed by atoms with Crippen molar-refractivity contribution in [3.8, 4) is 0 Å². The van der Waals surface area contributed by atoms with Crippen molar-refractivity contribution in [2.24, 2.45) is 0 Å². The second-order valence-electron chi connectivity index (χ2n) is 5.51. The molecule has 1 aromatic heterocycles. The van der Waals surface area contributed by atoms with Gasteiger partial charge in [-0.15, -0.1) is 0 Å². The summed E-state index contributed by atoms with van der Waals surface area (Å²) in [6.07, 6.45) is 2.35. The van der Waals surface area contributed by atoms with Gasteiger partial charge in [-0.1, -0.05) is 5.16 Å². The third-order valence-corrected chi connectivity index (χ3v) is 3.78. The summed E-state index contributed by atoms with van der Waals surface area (Å²) in [7, 11) is 0. The van der Waals surface area contributed by atoms with Gasteiger partial charge in [-0.05, 0) is 19.8 Å². The quantitative estimate of drug-likeness (QED) is 0.844. The molecule has 7 nitrogen and oxygen atoms in total. The Bertz CT molecular complexity index is 560. The number of aryl methyl sites for hydroxylation is 1. The molecule has 1 fully saturated rings. The Labute approximate surface area is 122 Å². The lowest BCUT2D eigenvalue weighted by Crippen LogP contribution is -2.31. The summed E-state index contributed by atoms with van der Waals surface area (Å²) in [6, 6.07) is 1.75. The largest absolute Gasteiger partial charge is 0.478 e. The van der Waals surface area contributed by atoms with Crippen molar-refractivity contribution in [2.45, 2.75) is 25.9 Å². The molecule has 3 heterocycles. The summed E-state index contributed by atoms with van der Waals surface area (Å²) in [5.41, 5.74) is 1.06. The van der Waals surface area contributed by atoms with E-state index in [4.69, 9.17) is 9.26 Å². The zero-order valence-electron chi connectivity index (χ0n) is 12.0. The number of anilines is 1. The van der Waals surface area contributed by atoms with Crippen LogP contribution in [0.4, 0.5) is 5.82 Å². The van der Waals surface area contributed by atoms with Crippen LogP contribution in [0.3, 0.4) is 0 Å². The van der Waals surface area contributed by atoms with Crippen LogP contribution >= 0.6 is 0 Å². The molecule has 114 valence electrons. The Kier molecular flexibility index (Phi) is 3.94. The zero-order chi connectivity index (χ0) is 14.8. The molecule has 1 aromatic rings. The summed E-state index contributed by atoms with van der Waals surface area (Å²) >= 11 is 0. The number of ether oxygens (including phenoxy) is 1. The molecule has 2 aliphatic rings. The SMILES string of the molecule is Cc1cc(NC2=C(C(=O)O)CN(C[C@@H]3CCCO3)C2)no1. The molecule has 7 heteroatoms. The first-order valence-corrected chi connectivity index (χ1v) is 7.11. The number of hydrogen-bond donors (Lipinski definition) is 2. The number of carboxylic acids is 1. The summed E-state index contributed by atoms with van der Waals surface area (Å²) in [6.45, 7) is 4.35. The van der Waals surface area contributed by atoms with Gasteiger partial charge in [-0.3, -0.25) is 4.90 Å². The van der Waals surface area contributed by atoms with Gasteiger partial charge < -0.3 is 19.7 Å². The lowest BCUT2D eigenvalue weighted by Gasteiger charge is -2.19. The number of nitrogens with zero attached hydrogens (tertiary/aromatic N) is 2. The van der Waals surface area contributed by atoms with Crippen molar-refractivity contribution in [3.05, 3.63) is 23.1 Å². The highest BCUT2D eigenvalue weighted by Gasteiger charge is 2.29. The Balaban J connectivity index is 1.66. The number of aliphatic carboxylic acids is 1. The van der Waals surface area contributed by atoms with Crippen molar-refractivity contribution in [2.75, 3.05) is 31.6 Å². The van der Waals surface area contributed by atoms with E-state index in [0.717, 1.165) is 26.0 Å². The number of carboxylic acid groups (broad SMARTS) is 1. The summed E-state index contributed by atoms with van der Waals surface area (Å²) in [5, 5.41) is 16.3. The van der Waals surface area contributed by atoms with Crippen LogP contribution in [-0.2, 0) is 9.53 Å². The first-order chi connectivity index (χ1) is 10.1. The molecule has 0 radical (unpaired) electrons. The molecule has 0 saturated carbocycles. The van der Waals surface area contributed by atoms with E-state index in [1.54, 1.807) is 13.0 Å². The molecule has 0 bridgehead atoms. The second-order valence-corrected chi connectivity index (χ2v) is 5.51. The van der Waals surface area contributed by atoms with Gasteiger partial charge in [-0.25, -0.2) is 4.79 Å². The maximum atomic E-state index is 11.4. The van der Waals surface area contributed by atoms with Gasteiger partial charge in [-0.2, -0.15) is 0 Å². The topological polar surface area (TPSA) is 87.8 Å². The lowest BCUT2D eigenvalue weighted by atomic mass is 10.2. The van der Waals surface area contributed by atoms with Crippen LogP contribution in [0.15, 0.2) is 21.9 Å². The minimum absolute atomic E-state index is 0.216. The average molecular weight is 293 g/mol. The van der Waals surface area contributed by atoms with Crippen LogP contribution in [0.1, 0.15) is 18.6 Å². The highest BCUT2D eigenvalue weighted by atomic mass is 16.5. The van der Waals surface area contributed by atoms with Gasteiger partial charge in [0.15, 0.2) is 5.82 Å². The molecular weight excluding hydrogens is 274 g/mol. The molecule has 0 aliphatic carbocycles. The fourth-order valence-corrected chi connectivity index (χ4v) is 2.79. The van der Waals surface area contributed by atoms with E-state index in [1.807, 2.05) is 0 Å². The van der Waals surface area contributed by atoms with Gasteiger partial charge in [0, 0.05) is 38.0 Å². The first-order valence-electron chi connectivity index (χ1n) is 7.11. The zero-order valence-corrected chi connectivity index (χ0v) is 12.0. The third-order valence-electron chi connectivity index (χ3n) is 3.78. The standard InChI is InChI=1S/C14H19N3O4/c1-9-5-13(16-21-9)15-12-8-17(7-11(12)14(18)19)6-10-3-2-4-20-10/h5,10H,2-4,6-8H2,1H3,(H,15,16)(H,18,19)/t10-/m0/s1. The molecule has 2 aliphatic heterocycles. The average Bonchev–Trinajstić information content (AvgIpc) is 3.13. The number of carbonyl (C=O) groups is 1. The molecule has 0 spiro atoms. The number of hydrogen-bond acceptors (Lipinski definition) is 6. The molecule has 0 amide bonds. The normalized spacial score (nSPS) is 23.0. The van der Waals surface area contributed by atoms with Crippen LogP contribution in [-0.4, -0.2) is 53.5 Å². The number of nitrogens with one attached hydrogen (secondary N) is 1. The molecule has 21 heavy (non-hydrogen) atoms. The maximum Gasteiger partial charge on any atom is 0.334 e. The van der Waals surface area contributed by atoms with Gasteiger partial charge in [0.1, 0.15) is 5.76 Å². The molecule has 0 unspecified atom stereocenters. The Morgan fingerprint density at radius 1 is 1.57 bits per heavy atom. The van der Waals surface area contributed by atoms with Gasteiger partial charge in [0.05, 0.1) is 11.7 Å². The van der Waals surface area contributed by atoms with Crippen LogP contribution in [0.2, 0.25) is 0 Å². The molecule has 3 rings (SSSR count). The van der Waals surface area contributed by atoms with E-state index >= 15 is 0 Å². The molecule has 1 atom stereocenters. The molecule has 2 N–H and O–H groups in total. The number of aromatic nitrogens is 1. The summed E-state index contributed by atoms with van der Waals surface area (Å²) < 4.78 is 10.6. The monoisotopic (exact) mass is 293 g/mol. The third kappa shape index (κ3) is 3.25. The number of rotatable bonds is 5. The highest BCUT2D eigenvalue weighted by Crippen LogP contribution is 2.22. The van der Waals surface area contributed by atoms with E-state index in [9.17, 15) is 9.90 Å². The van der Waals surface area contributed by atoms with Crippen LogP contribution in [0.5, 0.6) is 0 Å².